The van der Waals surface area contributed by atoms with Crippen molar-refractivity contribution in [3.8, 4) is 21.7 Å². The topological polar surface area (TPSA) is 106 Å². The molecule has 0 bridgehead atoms. The highest BCUT2D eigenvalue weighted by Crippen LogP contribution is 2.38. The molecule has 3 heterocycles. The molecule has 0 spiro atoms. The van der Waals surface area contributed by atoms with Gasteiger partial charge in [0, 0.05) is 40.7 Å². The Bertz CT molecular complexity index is 1170. The van der Waals surface area contributed by atoms with Crippen LogP contribution in [0, 0.1) is 0 Å². The van der Waals surface area contributed by atoms with E-state index in [4.69, 9.17) is 0 Å². The van der Waals surface area contributed by atoms with Gasteiger partial charge in [0.2, 0.25) is 0 Å². The van der Waals surface area contributed by atoms with E-state index in [-0.39, 0.29) is 27.5 Å². The summed E-state index contributed by atoms with van der Waals surface area (Å²) in [5.41, 5.74) is -0.313. The van der Waals surface area contributed by atoms with Crippen LogP contribution in [0.5, 0.6) is 0 Å². The number of halogens is 5. The van der Waals surface area contributed by atoms with Gasteiger partial charge >= 0.3 is 18.2 Å². The predicted molar refractivity (Wildman–Crippen MR) is 108 cm³/mol. The second-order valence-electron chi connectivity index (χ2n) is 6.33. The molecule has 174 valence electrons. The lowest BCUT2D eigenvalue weighted by molar-refractivity contribution is -0.140. The lowest BCUT2D eigenvalue weighted by atomic mass is 10.0. The van der Waals surface area contributed by atoms with Gasteiger partial charge in [-0.2, -0.15) is 13.2 Å². The zero-order chi connectivity index (χ0) is 24.2. The van der Waals surface area contributed by atoms with Gasteiger partial charge in [-0.25, -0.2) is 28.3 Å². The van der Waals surface area contributed by atoms with Crippen LogP contribution in [0.15, 0.2) is 36.1 Å². The summed E-state index contributed by atoms with van der Waals surface area (Å²) in [6, 6.07) is 1.66. The highest BCUT2D eigenvalue weighted by Gasteiger charge is 2.34. The second-order valence-corrected chi connectivity index (χ2v) is 7.19. The van der Waals surface area contributed by atoms with E-state index in [2.05, 4.69) is 25.0 Å². The Morgan fingerprint density at radius 2 is 1.91 bits per heavy atom. The Morgan fingerprint density at radius 1 is 1.15 bits per heavy atom. The molecule has 0 atom stereocenters. The molecule has 8 nitrogen and oxygen atoms in total. The zero-order valence-electron chi connectivity index (χ0n) is 16.6. The van der Waals surface area contributed by atoms with Crippen molar-refractivity contribution < 1.29 is 36.3 Å². The van der Waals surface area contributed by atoms with Gasteiger partial charge in [0.15, 0.2) is 5.69 Å². The Kier molecular flexibility index (Phi) is 7.16. The number of nitrogens with one attached hydrogen (secondary N) is 2. The van der Waals surface area contributed by atoms with E-state index in [0.29, 0.717) is 16.9 Å². The van der Waals surface area contributed by atoms with Crippen LogP contribution in [0.1, 0.15) is 16.1 Å². The minimum absolute atomic E-state index is 0.0563. The number of hydrogen-bond acceptors (Lipinski definition) is 7. The highest BCUT2D eigenvalue weighted by atomic mass is 32.1. The average Bonchev–Trinajstić information content (AvgIpc) is 3.28. The van der Waals surface area contributed by atoms with Gasteiger partial charge in [-0.15, -0.1) is 11.3 Å². The van der Waals surface area contributed by atoms with Crippen LogP contribution in [0.4, 0.5) is 32.6 Å². The number of carbonyl (C=O) groups is 2. The molecule has 0 aromatic carbocycles. The first-order valence-electron chi connectivity index (χ1n) is 8.98. The summed E-state index contributed by atoms with van der Waals surface area (Å²) in [4.78, 5) is 35.2. The molecule has 3 aromatic heterocycles. The number of nitrogens with zero attached hydrogens (tertiary/aromatic N) is 3. The number of amides is 2. The quantitative estimate of drug-likeness (QED) is 0.393. The molecule has 0 fully saturated rings. The summed E-state index contributed by atoms with van der Waals surface area (Å²) in [7, 11) is 1.18. The number of hydrogen-bond donors (Lipinski definition) is 2. The van der Waals surface area contributed by atoms with Crippen molar-refractivity contribution in [2.45, 2.75) is 12.6 Å². The smallest absolute Gasteiger partial charge is 0.434 e. The number of urea groups is 1. The lowest BCUT2D eigenvalue weighted by Crippen LogP contribution is -2.32. The SMILES string of the molecule is COC(=O)c1cncc(-c2cnc(NC(=O)NCC(F)F)cc2-c2nc(C(F)(F)F)cs2)c1. The maximum atomic E-state index is 13.1. The van der Waals surface area contributed by atoms with Crippen molar-refractivity contribution in [2.24, 2.45) is 0 Å². The standard InChI is InChI=1S/C19H14F5N5O3S/c1-32-17(30)10-2-9(4-25-5-10)12-6-26-15(29-18(31)27-7-14(20)21)3-11(12)16-28-13(8-33-16)19(22,23)24/h2-6,8,14H,7H2,1H3,(H2,26,27,29,31). The molecular formula is C19H14F5N5O3S. The number of pyridine rings is 2. The van der Waals surface area contributed by atoms with Crippen molar-refractivity contribution >= 4 is 29.2 Å². The number of anilines is 1. The molecule has 2 amide bonds. The number of esters is 1. The first-order chi connectivity index (χ1) is 15.6. The molecule has 0 unspecified atom stereocenters. The maximum absolute atomic E-state index is 13.1. The van der Waals surface area contributed by atoms with Gasteiger partial charge in [0.05, 0.1) is 19.2 Å². The van der Waals surface area contributed by atoms with Crippen LogP contribution in [-0.4, -0.2) is 47.0 Å². The van der Waals surface area contributed by atoms with E-state index in [1.165, 1.54) is 37.8 Å². The normalized spacial score (nSPS) is 11.4. The summed E-state index contributed by atoms with van der Waals surface area (Å²) >= 11 is 0.697. The van der Waals surface area contributed by atoms with Crippen molar-refractivity contribution in [3.05, 3.63) is 47.4 Å². The van der Waals surface area contributed by atoms with E-state index in [1.807, 2.05) is 5.32 Å². The largest absolute Gasteiger partial charge is 0.465 e. The van der Waals surface area contributed by atoms with Crippen LogP contribution < -0.4 is 10.6 Å². The number of carbonyl (C=O) groups excluding carboxylic acids is 2. The van der Waals surface area contributed by atoms with Gasteiger partial charge < -0.3 is 10.1 Å². The third-order valence-electron chi connectivity index (χ3n) is 4.06. The Hall–Kier alpha value is -3.68. The van der Waals surface area contributed by atoms with Gasteiger partial charge in [0.1, 0.15) is 10.8 Å². The number of aromatic nitrogens is 3. The number of rotatable bonds is 6. The molecule has 3 aromatic rings. The van der Waals surface area contributed by atoms with E-state index in [0.717, 1.165) is 5.38 Å². The molecule has 0 saturated carbocycles. The number of thiazole rings is 1. The Morgan fingerprint density at radius 3 is 2.55 bits per heavy atom. The minimum atomic E-state index is -4.68. The summed E-state index contributed by atoms with van der Waals surface area (Å²) in [5, 5.41) is 4.92. The first kappa shape index (κ1) is 24.0. The molecule has 0 saturated heterocycles. The fourth-order valence-electron chi connectivity index (χ4n) is 2.61. The number of alkyl halides is 5. The van der Waals surface area contributed by atoms with Crippen molar-refractivity contribution in [1.29, 1.82) is 0 Å². The molecule has 3 rings (SSSR count). The van der Waals surface area contributed by atoms with Crippen molar-refractivity contribution in [2.75, 3.05) is 19.0 Å². The van der Waals surface area contributed by atoms with Gasteiger partial charge in [0.25, 0.3) is 6.43 Å². The average molecular weight is 487 g/mol. The number of methoxy groups -OCH3 is 1. The lowest BCUT2D eigenvalue weighted by Gasteiger charge is -2.12. The van der Waals surface area contributed by atoms with Crippen LogP contribution in [-0.2, 0) is 10.9 Å². The van der Waals surface area contributed by atoms with Crippen LogP contribution in [0.2, 0.25) is 0 Å². The van der Waals surface area contributed by atoms with Crippen LogP contribution >= 0.6 is 11.3 Å². The van der Waals surface area contributed by atoms with Crippen molar-refractivity contribution in [3.63, 3.8) is 0 Å². The third-order valence-corrected chi connectivity index (χ3v) is 4.93. The zero-order valence-corrected chi connectivity index (χ0v) is 17.4. The molecule has 0 aliphatic carbocycles. The fraction of sp³-hybridized carbons (Fsp3) is 0.211. The van der Waals surface area contributed by atoms with Crippen molar-refractivity contribution in [1.82, 2.24) is 20.3 Å². The van der Waals surface area contributed by atoms with E-state index in [1.54, 1.807) is 0 Å². The molecule has 14 heteroatoms. The molecule has 33 heavy (non-hydrogen) atoms. The summed E-state index contributed by atoms with van der Waals surface area (Å²) in [6.07, 6.45) is -3.62. The third kappa shape index (κ3) is 5.97. The van der Waals surface area contributed by atoms with E-state index >= 15 is 0 Å². The summed E-state index contributed by atoms with van der Waals surface area (Å²) < 4.78 is 68.4. The van der Waals surface area contributed by atoms with Gasteiger partial charge in [-0.1, -0.05) is 0 Å². The Balaban J connectivity index is 2.05. The number of ether oxygens (including phenoxy) is 1. The van der Waals surface area contributed by atoms with Gasteiger partial charge in [-0.05, 0) is 12.1 Å². The summed E-state index contributed by atoms with van der Waals surface area (Å²) in [6.45, 7) is -0.899. The highest BCUT2D eigenvalue weighted by molar-refractivity contribution is 7.13. The molecular weight excluding hydrogens is 473 g/mol. The maximum Gasteiger partial charge on any atom is 0.434 e. The molecule has 2 N–H and O–H groups in total. The molecule has 0 radical (unpaired) electrons. The fourth-order valence-corrected chi connectivity index (χ4v) is 3.46. The van der Waals surface area contributed by atoms with Crippen LogP contribution in [0.3, 0.4) is 0 Å². The second kappa shape index (κ2) is 9.85. The predicted octanol–water partition coefficient (Wildman–Crippen LogP) is 4.46. The van der Waals surface area contributed by atoms with E-state index < -0.39 is 36.8 Å². The molecule has 0 aliphatic heterocycles. The minimum Gasteiger partial charge on any atom is -0.465 e. The first-order valence-corrected chi connectivity index (χ1v) is 9.86. The van der Waals surface area contributed by atoms with Crippen LogP contribution in [0.25, 0.3) is 21.7 Å². The molecule has 0 aliphatic rings. The summed E-state index contributed by atoms with van der Waals surface area (Å²) in [5.74, 6) is -0.803. The monoisotopic (exact) mass is 487 g/mol. The van der Waals surface area contributed by atoms with E-state index in [9.17, 15) is 31.5 Å². The van der Waals surface area contributed by atoms with Gasteiger partial charge in [-0.3, -0.25) is 10.3 Å². The Labute approximate surface area is 186 Å².